The molecule has 21 heavy (non-hydrogen) atoms. The lowest BCUT2D eigenvalue weighted by atomic mass is 9.92. The van der Waals surface area contributed by atoms with Crippen molar-refractivity contribution in [2.75, 3.05) is 0 Å². The first-order chi connectivity index (χ1) is 9.51. The highest BCUT2D eigenvalue weighted by atomic mass is 35.7. The van der Waals surface area contributed by atoms with Crippen LogP contribution < -0.4 is 0 Å². The highest BCUT2D eigenvalue weighted by Crippen LogP contribution is 2.36. The average Bonchev–Trinajstić information content (AvgIpc) is 2.66. The van der Waals surface area contributed by atoms with Crippen LogP contribution in [0.1, 0.15) is 32.2 Å². The van der Waals surface area contributed by atoms with E-state index in [-0.39, 0.29) is 10.0 Å². The Morgan fingerprint density at radius 3 is 2.29 bits per heavy atom. The molecule has 0 radical (unpaired) electrons. The molecule has 2 rings (SSSR count). The summed E-state index contributed by atoms with van der Waals surface area (Å²) in [6.07, 6.45) is 1.36. The van der Waals surface area contributed by atoms with Crippen molar-refractivity contribution in [1.82, 2.24) is 19.7 Å². The van der Waals surface area contributed by atoms with Crippen molar-refractivity contribution in [1.29, 1.82) is 0 Å². The second-order valence-corrected chi connectivity index (χ2v) is 8.45. The Labute approximate surface area is 132 Å². The van der Waals surface area contributed by atoms with Gasteiger partial charge >= 0.3 is 0 Å². The molecule has 0 atom stereocenters. The summed E-state index contributed by atoms with van der Waals surface area (Å²) >= 11 is 6.18. The molecular weight excluding hydrogens is 335 g/mol. The summed E-state index contributed by atoms with van der Waals surface area (Å²) in [6.45, 7) is 7.26. The monoisotopic (exact) mass is 348 g/mol. The van der Waals surface area contributed by atoms with Crippen molar-refractivity contribution in [3.63, 3.8) is 0 Å². The van der Waals surface area contributed by atoms with E-state index in [2.05, 4.69) is 15.1 Å². The minimum absolute atomic E-state index is 0.0898. The Hall–Kier alpha value is -1.18. The van der Waals surface area contributed by atoms with E-state index in [9.17, 15) is 8.42 Å². The first-order valence-electron chi connectivity index (χ1n) is 6.04. The molecule has 114 valence electrons. The molecule has 0 spiro atoms. The molecule has 0 aliphatic heterocycles. The summed E-state index contributed by atoms with van der Waals surface area (Å²) in [6, 6.07) is 1.65. The van der Waals surface area contributed by atoms with E-state index in [1.54, 1.807) is 13.0 Å². The quantitative estimate of drug-likeness (QED) is 0.779. The number of aromatic nitrogens is 4. The topological polar surface area (TPSA) is 77.7 Å². The zero-order chi connectivity index (χ0) is 16.0. The Morgan fingerprint density at radius 1 is 1.24 bits per heavy atom. The molecule has 0 unspecified atom stereocenters. The second kappa shape index (κ2) is 5.23. The van der Waals surface area contributed by atoms with Crippen LogP contribution in [0.15, 0.2) is 17.3 Å². The molecule has 2 aromatic rings. The molecule has 0 aromatic carbocycles. The highest BCUT2D eigenvalue weighted by molar-refractivity contribution is 8.13. The Morgan fingerprint density at radius 2 is 1.86 bits per heavy atom. The first kappa shape index (κ1) is 16.2. The molecular formula is C12H14Cl2N4O2S. The molecule has 0 saturated carbocycles. The van der Waals surface area contributed by atoms with Crippen molar-refractivity contribution >= 4 is 31.3 Å². The van der Waals surface area contributed by atoms with Crippen molar-refractivity contribution < 1.29 is 8.42 Å². The predicted molar refractivity (Wildman–Crippen MR) is 80.6 cm³/mol. The number of rotatable bonds is 2. The number of halogens is 2. The van der Waals surface area contributed by atoms with E-state index >= 15 is 0 Å². The summed E-state index contributed by atoms with van der Waals surface area (Å²) in [5.41, 5.74) is 0.451. The third-order valence-corrected chi connectivity index (χ3v) is 4.55. The van der Waals surface area contributed by atoms with Gasteiger partial charge in [-0.05, 0) is 6.92 Å². The fourth-order valence-electron chi connectivity index (χ4n) is 1.80. The fourth-order valence-corrected chi connectivity index (χ4v) is 3.74. The Bertz CT molecular complexity index is 794. The maximum absolute atomic E-state index is 11.8. The molecule has 0 aliphatic carbocycles. The van der Waals surface area contributed by atoms with Gasteiger partial charge in [0.1, 0.15) is 11.2 Å². The van der Waals surface area contributed by atoms with Crippen molar-refractivity contribution in [3.8, 4) is 5.82 Å². The van der Waals surface area contributed by atoms with Crippen LogP contribution in [-0.4, -0.2) is 28.2 Å². The maximum atomic E-state index is 11.8. The van der Waals surface area contributed by atoms with E-state index in [4.69, 9.17) is 22.3 Å². The SMILES string of the molecule is Cc1cc(-n2nc(C(C)(C)C)c(S(=O)(=O)Cl)c2Cl)ncn1. The minimum atomic E-state index is -4.03. The zero-order valence-corrected chi connectivity index (χ0v) is 14.3. The molecule has 9 heteroatoms. The average molecular weight is 349 g/mol. The van der Waals surface area contributed by atoms with E-state index in [0.29, 0.717) is 17.2 Å². The molecule has 6 nitrogen and oxygen atoms in total. The van der Waals surface area contributed by atoms with Gasteiger partial charge in [-0.1, -0.05) is 32.4 Å². The summed E-state index contributed by atoms with van der Waals surface area (Å²) in [7, 11) is 1.48. The molecule has 2 aromatic heterocycles. The van der Waals surface area contributed by atoms with Gasteiger partial charge in [-0.3, -0.25) is 0 Å². The number of hydrogen-bond donors (Lipinski definition) is 0. The largest absolute Gasteiger partial charge is 0.266 e. The maximum Gasteiger partial charge on any atom is 0.266 e. The van der Waals surface area contributed by atoms with E-state index in [1.807, 2.05) is 20.8 Å². The van der Waals surface area contributed by atoms with Gasteiger partial charge < -0.3 is 0 Å². The first-order valence-corrected chi connectivity index (χ1v) is 8.73. The lowest BCUT2D eigenvalue weighted by molar-refractivity contribution is 0.544. The highest BCUT2D eigenvalue weighted by Gasteiger charge is 2.33. The molecule has 2 heterocycles. The lowest BCUT2D eigenvalue weighted by Gasteiger charge is -2.16. The second-order valence-electron chi connectivity index (χ2n) is 5.59. The summed E-state index contributed by atoms with van der Waals surface area (Å²) in [5, 5.41) is 4.20. The van der Waals surface area contributed by atoms with Gasteiger partial charge in [0.15, 0.2) is 11.0 Å². The van der Waals surface area contributed by atoms with Crippen molar-refractivity contribution in [2.24, 2.45) is 0 Å². The van der Waals surface area contributed by atoms with Crippen molar-refractivity contribution in [2.45, 2.75) is 38.0 Å². The summed E-state index contributed by atoms with van der Waals surface area (Å²) < 4.78 is 24.9. The van der Waals surface area contributed by atoms with Crippen LogP contribution in [0.25, 0.3) is 5.82 Å². The number of aryl methyl sites for hydroxylation is 1. The number of nitrogens with zero attached hydrogens (tertiary/aromatic N) is 4. The summed E-state index contributed by atoms with van der Waals surface area (Å²) in [4.78, 5) is 7.85. The Balaban J connectivity index is 2.80. The minimum Gasteiger partial charge on any atom is -0.242 e. The van der Waals surface area contributed by atoms with E-state index < -0.39 is 14.5 Å². The van der Waals surface area contributed by atoms with Gasteiger partial charge in [-0.25, -0.2) is 23.1 Å². The van der Waals surface area contributed by atoms with Gasteiger partial charge in [0, 0.05) is 27.9 Å². The standard InChI is InChI=1S/C12H14Cl2N4O2S/c1-7-5-8(16-6-15-7)18-11(13)9(21(14,19)20)10(17-18)12(2,3)4/h5-6H,1-4H3. The van der Waals surface area contributed by atoms with Crippen LogP contribution in [0.3, 0.4) is 0 Å². The van der Waals surface area contributed by atoms with Crippen LogP contribution in [0.2, 0.25) is 5.15 Å². The molecule has 0 bridgehead atoms. The third kappa shape index (κ3) is 3.20. The third-order valence-electron chi connectivity index (χ3n) is 2.75. The molecule has 0 aliphatic rings. The van der Waals surface area contributed by atoms with Crippen LogP contribution in [0.4, 0.5) is 0 Å². The van der Waals surface area contributed by atoms with E-state index in [1.165, 1.54) is 11.0 Å². The van der Waals surface area contributed by atoms with E-state index in [0.717, 1.165) is 0 Å². The summed E-state index contributed by atoms with van der Waals surface area (Å²) in [5.74, 6) is 0.379. The number of hydrogen-bond acceptors (Lipinski definition) is 5. The van der Waals surface area contributed by atoms with Gasteiger partial charge in [-0.2, -0.15) is 5.10 Å². The zero-order valence-electron chi connectivity index (χ0n) is 11.9. The Kier molecular flexibility index (Phi) is 4.03. The molecule has 0 saturated heterocycles. The van der Waals surface area contributed by atoms with Crippen LogP contribution in [0, 0.1) is 6.92 Å². The van der Waals surface area contributed by atoms with Crippen LogP contribution in [-0.2, 0) is 14.5 Å². The van der Waals surface area contributed by atoms with Crippen LogP contribution >= 0.6 is 22.3 Å². The normalized spacial score (nSPS) is 12.7. The van der Waals surface area contributed by atoms with Crippen LogP contribution in [0.5, 0.6) is 0 Å². The fraction of sp³-hybridized carbons (Fsp3) is 0.417. The molecule has 0 amide bonds. The van der Waals surface area contributed by atoms with Gasteiger partial charge in [0.25, 0.3) is 9.05 Å². The van der Waals surface area contributed by atoms with Crippen molar-refractivity contribution in [3.05, 3.63) is 28.9 Å². The predicted octanol–water partition coefficient (Wildman–Crippen LogP) is 2.85. The van der Waals surface area contributed by atoms with Gasteiger partial charge in [-0.15, -0.1) is 0 Å². The van der Waals surface area contributed by atoms with Gasteiger partial charge in [0.2, 0.25) is 0 Å². The van der Waals surface area contributed by atoms with Gasteiger partial charge in [0.05, 0.1) is 5.69 Å². The molecule has 0 N–H and O–H groups in total. The lowest BCUT2D eigenvalue weighted by Crippen LogP contribution is -2.15. The smallest absolute Gasteiger partial charge is 0.242 e. The molecule has 0 fully saturated rings.